The topological polar surface area (TPSA) is 114 Å². The molecule has 0 fully saturated rings. The van der Waals surface area contributed by atoms with E-state index in [0.717, 1.165) is 0 Å². The van der Waals surface area contributed by atoms with E-state index in [1.165, 1.54) is 25.3 Å². The number of nitrogens with one attached hydrogen (secondary N) is 2. The van der Waals surface area contributed by atoms with Crippen molar-refractivity contribution in [2.75, 3.05) is 31.6 Å². The number of hydrogen-bond acceptors (Lipinski definition) is 6. The first kappa shape index (κ1) is 20.8. The van der Waals surface area contributed by atoms with E-state index < -0.39 is 15.9 Å². The summed E-state index contributed by atoms with van der Waals surface area (Å²) in [6, 6.07) is 10.3. The van der Waals surface area contributed by atoms with Gasteiger partial charge in [0.1, 0.15) is 11.5 Å². The lowest BCUT2D eigenvalue weighted by Gasteiger charge is -2.11. The molecule has 0 aliphatic heterocycles. The number of rotatable bonds is 9. The van der Waals surface area contributed by atoms with Gasteiger partial charge >= 0.3 is 0 Å². The average molecular weight is 415 g/mol. The third-order valence-corrected chi connectivity index (χ3v) is 5.02. The zero-order valence-corrected chi connectivity index (χ0v) is 16.0. The molecule has 2 rings (SSSR count). The molecule has 0 unspecified atom stereocenters. The van der Waals surface area contributed by atoms with Gasteiger partial charge < -0.3 is 19.9 Å². The summed E-state index contributed by atoms with van der Waals surface area (Å²) >= 11 is 6.06. The van der Waals surface area contributed by atoms with Crippen LogP contribution in [-0.2, 0) is 14.8 Å². The Bertz CT molecular complexity index is 887. The molecule has 2 aromatic carbocycles. The third-order valence-electron chi connectivity index (χ3n) is 3.35. The predicted molar refractivity (Wildman–Crippen MR) is 101 cm³/mol. The molecule has 1 amide bonds. The highest BCUT2D eigenvalue weighted by Gasteiger charge is 2.17. The standard InChI is InChI=1S/C17H19ClN2O6S/c1-25-13-4-2-12(3-5-13)20-27(23,24)14-6-7-16(15(18)10-14)26-11-17(22)19-8-9-21/h2-7,10,20-21H,8-9,11H2,1H3,(H,19,22). The van der Waals surface area contributed by atoms with Crippen LogP contribution < -0.4 is 19.5 Å². The van der Waals surface area contributed by atoms with E-state index in [2.05, 4.69) is 10.0 Å². The maximum Gasteiger partial charge on any atom is 0.261 e. The number of sulfonamides is 1. The summed E-state index contributed by atoms with van der Waals surface area (Å²) in [6.45, 7) is -0.375. The summed E-state index contributed by atoms with van der Waals surface area (Å²) in [5.41, 5.74) is 0.368. The smallest absolute Gasteiger partial charge is 0.261 e. The van der Waals surface area contributed by atoms with Crippen LogP contribution in [0.4, 0.5) is 5.69 Å². The molecule has 0 atom stereocenters. The second-order valence-corrected chi connectivity index (χ2v) is 7.38. The van der Waals surface area contributed by atoms with Crippen molar-refractivity contribution in [3.8, 4) is 11.5 Å². The average Bonchev–Trinajstić information content (AvgIpc) is 2.65. The third kappa shape index (κ3) is 6.02. The molecule has 0 saturated heterocycles. The Labute approximate surface area is 162 Å². The van der Waals surface area contributed by atoms with Crippen molar-refractivity contribution in [2.45, 2.75) is 4.90 Å². The van der Waals surface area contributed by atoms with Crippen molar-refractivity contribution >= 4 is 33.2 Å². The predicted octanol–water partition coefficient (Wildman–Crippen LogP) is 1.64. The molecule has 0 spiro atoms. The largest absolute Gasteiger partial charge is 0.497 e. The van der Waals surface area contributed by atoms with Crippen molar-refractivity contribution in [3.63, 3.8) is 0 Å². The fourth-order valence-electron chi connectivity index (χ4n) is 2.03. The summed E-state index contributed by atoms with van der Waals surface area (Å²) in [7, 11) is -2.34. The fraction of sp³-hybridized carbons (Fsp3) is 0.235. The van der Waals surface area contributed by atoms with Gasteiger partial charge in [0, 0.05) is 12.2 Å². The number of ether oxygens (including phenoxy) is 2. The molecular formula is C17H19ClN2O6S. The number of anilines is 1. The molecule has 3 N–H and O–H groups in total. The first-order valence-corrected chi connectivity index (χ1v) is 9.68. The Morgan fingerprint density at radius 1 is 1.19 bits per heavy atom. The van der Waals surface area contributed by atoms with Gasteiger partial charge in [-0.25, -0.2) is 8.42 Å². The number of amides is 1. The Kier molecular flexibility index (Phi) is 7.28. The molecule has 27 heavy (non-hydrogen) atoms. The lowest BCUT2D eigenvalue weighted by atomic mass is 10.3. The number of halogens is 1. The second-order valence-electron chi connectivity index (χ2n) is 5.29. The Balaban J connectivity index is 2.07. The molecule has 0 radical (unpaired) electrons. The molecule has 2 aromatic rings. The van der Waals surface area contributed by atoms with Crippen molar-refractivity contribution in [3.05, 3.63) is 47.5 Å². The van der Waals surface area contributed by atoms with E-state index in [0.29, 0.717) is 11.4 Å². The molecule has 0 aromatic heterocycles. The number of hydrogen-bond donors (Lipinski definition) is 3. The minimum atomic E-state index is -3.85. The maximum absolute atomic E-state index is 12.5. The highest BCUT2D eigenvalue weighted by Crippen LogP contribution is 2.28. The van der Waals surface area contributed by atoms with E-state index in [-0.39, 0.29) is 35.4 Å². The monoisotopic (exact) mass is 414 g/mol. The van der Waals surface area contributed by atoms with Crippen LogP contribution >= 0.6 is 11.6 Å². The minimum absolute atomic E-state index is 0.0440. The lowest BCUT2D eigenvalue weighted by molar-refractivity contribution is -0.123. The maximum atomic E-state index is 12.5. The van der Waals surface area contributed by atoms with E-state index in [9.17, 15) is 13.2 Å². The number of benzene rings is 2. The van der Waals surface area contributed by atoms with Gasteiger partial charge in [-0.15, -0.1) is 0 Å². The highest BCUT2D eigenvalue weighted by molar-refractivity contribution is 7.92. The summed E-state index contributed by atoms with van der Waals surface area (Å²) in [5.74, 6) is 0.336. The SMILES string of the molecule is COc1ccc(NS(=O)(=O)c2ccc(OCC(=O)NCCO)c(Cl)c2)cc1. The van der Waals surface area contributed by atoms with Crippen LogP contribution in [0.15, 0.2) is 47.4 Å². The van der Waals surface area contributed by atoms with E-state index >= 15 is 0 Å². The molecule has 0 aliphatic carbocycles. The highest BCUT2D eigenvalue weighted by atomic mass is 35.5. The van der Waals surface area contributed by atoms with Crippen LogP contribution in [-0.4, -0.2) is 46.3 Å². The number of carbonyl (C=O) groups excluding carboxylic acids is 1. The van der Waals surface area contributed by atoms with Gasteiger partial charge in [0.15, 0.2) is 6.61 Å². The Hall–Kier alpha value is -2.49. The van der Waals surface area contributed by atoms with Gasteiger partial charge in [-0.2, -0.15) is 0 Å². The molecule has 8 nitrogen and oxygen atoms in total. The number of aliphatic hydroxyl groups is 1. The normalized spacial score (nSPS) is 10.9. The van der Waals surface area contributed by atoms with Crippen LogP contribution in [0.2, 0.25) is 5.02 Å². The molecule has 10 heteroatoms. The van der Waals surface area contributed by atoms with Crippen molar-refractivity contribution in [1.29, 1.82) is 0 Å². The number of carbonyl (C=O) groups is 1. The Morgan fingerprint density at radius 3 is 2.48 bits per heavy atom. The summed E-state index contributed by atoms with van der Waals surface area (Å²) in [4.78, 5) is 11.4. The molecule has 146 valence electrons. The molecule has 0 heterocycles. The summed E-state index contributed by atoms with van der Waals surface area (Å²) < 4.78 is 37.7. The van der Waals surface area contributed by atoms with Crippen LogP contribution in [0.5, 0.6) is 11.5 Å². The van der Waals surface area contributed by atoms with Crippen molar-refractivity contribution in [1.82, 2.24) is 5.32 Å². The van der Waals surface area contributed by atoms with Crippen molar-refractivity contribution < 1.29 is 27.8 Å². The second kappa shape index (κ2) is 9.45. The first-order chi connectivity index (χ1) is 12.9. The molecule has 0 bridgehead atoms. The lowest BCUT2D eigenvalue weighted by Crippen LogP contribution is -2.31. The quantitative estimate of drug-likeness (QED) is 0.574. The molecule has 0 saturated carbocycles. The summed E-state index contributed by atoms with van der Waals surface area (Å²) in [6.07, 6.45) is 0. The molecule has 0 aliphatic rings. The van der Waals surface area contributed by atoms with Crippen LogP contribution in [0.1, 0.15) is 0 Å². The minimum Gasteiger partial charge on any atom is -0.497 e. The van der Waals surface area contributed by atoms with Crippen LogP contribution in [0, 0.1) is 0 Å². The van der Waals surface area contributed by atoms with Gasteiger partial charge in [-0.3, -0.25) is 9.52 Å². The molecular weight excluding hydrogens is 396 g/mol. The van der Waals surface area contributed by atoms with E-state index in [4.69, 9.17) is 26.2 Å². The van der Waals surface area contributed by atoms with Crippen LogP contribution in [0.3, 0.4) is 0 Å². The fourth-order valence-corrected chi connectivity index (χ4v) is 3.41. The van der Waals surface area contributed by atoms with Gasteiger partial charge in [0.2, 0.25) is 0 Å². The zero-order valence-electron chi connectivity index (χ0n) is 14.4. The van der Waals surface area contributed by atoms with Gasteiger partial charge in [0.05, 0.1) is 23.6 Å². The van der Waals surface area contributed by atoms with Gasteiger partial charge in [-0.1, -0.05) is 11.6 Å². The number of methoxy groups -OCH3 is 1. The van der Waals surface area contributed by atoms with E-state index in [1.54, 1.807) is 24.3 Å². The van der Waals surface area contributed by atoms with Crippen molar-refractivity contribution in [2.24, 2.45) is 0 Å². The van der Waals surface area contributed by atoms with E-state index in [1.807, 2.05) is 0 Å². The zero-order chi connectivity index (χ0) is 19.9. The first-order valence-electron chi connectivity index (χ1n) is 7.82. The number of aliphatic hydroxyl groups excluding tert-OH is 1. The van der Waals surface area contributed by atoms with Gasteiger partial charge in [0.25, 0.3) is 15.9 Å². The van der Waals surface area contributed by atoms with Crippen LogP contribution in [0.25, 0.3) is 0 Å². The Morgan fingerprint density at radius 2 is 1.89 bits per heavy atom. The summed E-state index contributed by atoms with van der Waals surface area (Å²) in [5, 5.41) is 11.1. The van der Waals surface area contributed by atoms with Gasteiger partial charge in [-0.05, 0) is 42.5 Å².